The number of aryl methyl sites for hydroxylation is 3. The van der Waals surface area contributed by atoms with E-state index in [0.29, 0.717) is 19.5 Å². The van der Waals surface area contributed by atoms with Crippen LogP contribution in [0, 0.1) is 13.8 Å². The zero-order valence-electron chi connectivity index (χ0n) is 12.5. The van der Waals surface area contributed by atoms with Gasteiger partial charge in [0.25, 0.3) is 0 Å². The first-order chi connectivity index (χ1) is 9.98. The van der Waals surface area contributed by atoms with Crippen LogP contribution in [0.4, 0.5) is 0 Å². The Balaban J connectivity index is 1.82. The Labute approximate surface area is 126 Å². The minimum absolute atomic E-state index is 0.126. The summed E-state index contributed by atoms with van der Waals surface area (Å²) in [4.78, 5) is 0. The molecule has 114 valence electrons. The van der Waals surface area contributed by atoms with Gasteiger partial charge < -0.3 is 4.57 Å². The molecule has 0 saturated heterocycles. The second kappa shape index (κ2) is 6.91. The lowest BCUT2D eigenvalue weighted by Gasteiger charge is -2.11. The van der Waals surface area contributed by atoms with Gasteiger partial charge in [0.1, 0.15) is 0 Å². The summed E-state index contributed by atoms with van der Waals surface area (Å²) in [6.07, 6.45) is 0.539. The molecule has 0 aliphatic carbocycles. The first-order valence-corrected chi connectivity index (χ1v) is 8.77. The Hall–Kier alpha value is -1.59. The number of nitrogens with one attached hydrogen (secondary N) is 1. The van der Waals surface area contributed by atoms with Gasteiger partial charge in [0.15, 0.2) is 0 Å². The third-order valence-electron chi connectivity index (χ3n) is 3.58. The molecule has 1 N–H and O–H groups in total. The molecule has 0 atom stereocenters. The van der Waals surface area contributed by atoms with E-state index in [0.717, 1.165) is 17.0 Å². The van der Waals surface area contributed by atoms with Crippen molar-refractivity contribution in [2.24, 2.45) is 0 Å². The highest BCUT2D eigenvalue weighted by Crippen LogP contribution is 2.06. The maximum atomic E-state index is 12.0. The molecule has 1 heterocycles. The fraction of sp³-hybridized carbons (Fsp3) is 0.375. The van der Waals surface area contributed by atoms with Crippen LogP contribution in [-0.4, -0.2) is 25.3 Å². The largest absolute Gasteiger partial charge is 0.348 e. The minimum Gasteiger partial charge on any atom is -0.348 e. The monoisotopic (exact) mass is 306 g/mol. The van der Waals surface area contributed by atoms with E-state index in [-0.39, 0.29) is 5.75 Å². The molecule has 1 aromatic carbocycles. The van der Waals surface area contributed by atoms with Crippen LogP contribution in [0.1, 0.15) is 17.0 Å². The maximum absolute atomic E-state index is 12.0. The number of aromatic nitrogens is 1. The molecule has 0 fully saturated rings. The standard InChI is InChI=1S/C16H22N2O2S/c1-14-8-9-15(2)18(14)12-11-17-21(19,20)13-10-16-6-4-3-5-7-16/h3-9,17H,10-13H2,1-2H3. The summed E-state index contributed by atoms with van der Waals surface area (Å²) in [5.41, 5.74) is 3.34. The van der Waals surface area contributed by atoms with Gasteiger partial charge in [-0.1, -0.05) is 30.3 Å². The first-order valence-electron chi connectivity index (χ1n) is 7.12. The lowest BCUT2D eigenvalue weighted by molar-refractivity contribution is 0.569. The van der Waals surface area contributed by atoms with Gasteiger partial charge in [0.2, 0.25) is 10.0 Å². The highest BCUT2D eigenvalue weighted by atomic mass is 32.2. The highest BCUT2D eigenvalue weighted by Gasteiger charge is 2.10. The van der Waals surface area contributed by atoms with E-state index in [4.69, 9.17) is 0 Å². The van der Waals surface area contributed by atoms with Gasteiger partial charge in [0.05, 0.1) is 5.75 Å². The highest BCUT2D eigenvalue weighted by molar-refractivity contribution is 7.89. The Morgan fingerprint density at radius 3 is 2.24 bits per heavy atom. The number of hydrogen-bond donors (Lipinski definition) is 1. The molecular weight excluding hydrogens is 284 g/mol. The van der Waals surface area contributed by atoms with Gasteiger partial charge in [-0.3, -0.25) is 0 Å². The van der Waals surface area contributed by atoms with Crippen molar-refractivity contribution in [2.75, 3.05) is 12.3 Å². The SMILES string of the molecule is Cc1ccc(C)n1CCNS(=O)(=O)CCc1ccccc1. The molecule has 0 bridgehead atoms. The van der Waals surface area contributed by atoms with Crippen LogP contribution in [0.3, 0.4) is 0 Å². The smallest absolute Gasteiger partial charge is 0.211 e. The van der Waals surface area contributed by atoms with Crippen LogP contribution in [0.25, 0.3) is 0 Å². The Morgan fingerprint density at radius 2 is 1.62 bits per heavy atom. The third-order valence-corrected chi connectivity index (χ3v) is 4.96. The van der Waals surface area contributed by atoms with Crippen molar-refractivity contribution >= 4 is 10.0 Å². The molecule has 2 rings (SSSR count). The molecule has 0 saturated carbocycles. The lowest BCUT2D eigenvalue weighted by Crippen LogP contribution is -2.30. The van der Waals surface area contributed by atoms with E-state index in [9.17, 15) is 8.42 Å². The molecule has 0 unspecified atom stereocenters. The summed E-state index contributed by atoms with van der Waals surface area (Å²) >= 11 is 0. The van der Waals surface area contributed by atoms with Crippen molar-refractivity contribution in [3.8, 4) is 0 Å². The number of nitrogens with zero attached hydrogens (tertiary/aromatic N) is 1. The summed E-state index contributed by atoms with van der Waals surface area (Å²) in [6, 6.07) is 13.8. The summed E-state index contributed by atoms with van der Waals surface area (Å²) in [6.45, 7) is 5.14. The van der Waals surface area contributed by atoms with Crippen molar-refractivity contribution in [2.45, 2.75) is 26.8 Å². The van der Waals surface area contributed by atoms with Crippen molar-refractivity contribution < 1.29 is 8.42 Å². The Kier molecular flexibility index (Phi) is 5.20. The van der Waals surface area contributed by atoms with Gasteiger partial charge in [-0.25, -0.2) is 13.1 Å². The fourth-order valence-electron chi connectivity index (χ4n) is 2.33. The van der Waals surface area contributed by atoms with E-state index in [1.807, 2.05) is 56.3 Å². The van der Waals surface area contributed by atoms with Gasteiger partial charge >= 0.3 is 0 Å². The normalized spacial score (nSPS) is 11.7. The lowest BCUT2D eigenvalue weighted by atomic mass is 10.2. The Bertz CT molecular complexity index is 656. The molecule has 5 heteroatoms. The molecule has 0 aliphatic heterocycles. The molecule has 4 nitrogen and oxygen atoms in total. The molecule has 0 spiro atoms. The van der Waals surface area contributed by atoms with Crippen LogP contribution in [0.15, 0.2) is 42.5 Å². The van der Waals surface area contributed by atoms with E-state index in [1.54, 1.807) is 0 Å². The van der Waals surface area contributed by atoms with Crippen molar-refractivity contribution in [3.63, 3.8) is 0 Å². The second-order valence-corrected chi connectivity index (χ2v) is 7.14. The predicted molar refractivity (Wildman–Crippen MR) is 85.8 cm³/mol. The van der Waals surface area contributed by atoms with E-state index in [2.05, 4.69) is 9.29 Å². The van der Waals surface area contributed by atoms with Crippen molar-refractivity contribution in [3.05, 3.63) is 59.4 Å². The summed E-state index contributed by atoms with van der Waals surface area (Å²) < 4.78 is 28.7. The topological polar surface area (TPSA) is 51.1 Å². The second-order valence-electron chi connectivity index (χ2n) is 5.22. The van der Waals surface area contributed by atoms with E-state index >= 15 is 0 Å². The molecule has 1 aromatic heterocycles. The number of hydrogen-bond acceptors (Lipinski definition) is 2. The molecule has 21 heavy (non-hydrogen) atoms. The molecule has 0 amide bonds. The van der Waals surface area contributed by atoms with Gasteiger partial charge in [-0.15, -0.1) is 0 Å². The van der Waals surface area contributed by atoms with Gasteiger partial charge in [-0.05, 0) is 38.0 Å². The van der Waals surface area contributed by atoms with Crippen LogP contribution in [0.2, 0.25) is 0 Å². The zero-order valence-corrected chi connectivity index (χ0v) is 13.4. The molecule has 2 aromatic rings. The summed E-state index contributed by atoms with van der Waals surface area (Å²) in [5, 5.41) is 0. The van der Waals surface area contributed by atoms with Crippen molar-refractivity contribution in [1.82, 2.24) is 9.29 Å². The summed E-state index contributed by atoms with van der Waals surface area (Å²) in [7, 11) is -3.22. The van der Waals surface area contributed by atoms with E-state index in [1.165, 1.54) is 0 Å². The molecule has 0 aliphatic rings. The Morgan fingerprint density at radius 1 is 1.00 bits per heavy atom. The maximum Gasteiger partial charge on any atom is 0.211 e. The van der Waals surface area contributed by atoms with Crippen LogP contribution < -0.4 is 4.72 Å². The average Bonchev–Trinajstić information content (AvgIpc) is 2.78. The third kappa shape index (κ3) is 4.72. The quantitative estimate of drug-likeness (QED) is 0.853. The van der Waals surface area contributed by atoms with Gasteiger partial charge in [0, 0.05) is 24.5 Å². The van der Waals surface area contributed by atoms with Crippen LogP contribution in [0.5, 0.6) is 0 Å². The molecule has 0 radical (unpaired) electrons. The van der Waals surface area contributed by atoms with Crippen LogP contribution >= 0.6 is 0 Å². The number of benzene rings is 1. The minimum atomic E-state index is -3.22. The molecular formula is C16H22N2O2S. The predicted octanol–water partition coefficient (Wildman–Crippen LogP) is 2.27. The fourth-order valence-corrected chi connectivity index (χ4v) is 3.39. The van der Waals surface area contributed by atoms with Gasteiger partial charge in [-0.2, -0.15) is 0 Å². The number of rotatable bonds is 7. The first kappa shape index (κ1) is 15.8. The average molecular weight is 306 g/mol. The number of sulfonamides is 1. The summed E-state index contributed by atoms with van der Waals surface area (Å²) in [5.74, 6) is 0.126. The van der Waals surface area contributed by atoms with E-state index < -0.39 is 10.0 Å². The van der Waals surface area contributed by atoms with Crippen molar-refractivity contribution in [1.29, 1.82) is 0 Å². The zero-order chi connectivity index (χ0) is 15.3. The van der Waals surface area contributed by atoms with Crippen LogP contribution in [-0.2, 0) is 23.0 Å².